The highest BCUT2D eigenvalue weighted by molar-refractivity contribution is 14.1. The summed E-state index contributed by atoms with van der Waals surface area (Å²) in [6.07, 6.45) is 16.9. The SMILES string of the molecule is Brc1cnc2c(c1)C(I)=CC2.Brc1cnc2c(c1)C=CC2.Cc1ccc(S(=O)(=O)n2c(C)c(I)c3cc(Br)cnc32)cc1.Cc1ccc(S(=O)(=O)n2cc(I)c3cc(Br)cnc32)cc1. The summed E-state index contributed by atoms with van der Waals surface area (Å²) in [5.41, 5.74) is 8.48. The molecule has 0 spiro atoms. The van der Waals surface area contributed by atoms with Crippen molar-refractivity contribution in [3.8, 4) is 0 Å². The predicted octanol–water partition coefficient (Wildman–Crippen LogP) is 13.8. The molecule has 0 aliphatic heterocycles. The van der Waals surface area contributed by atoms with Crippen molar-refractivity contribution in [2.45, 2.75) is 43.4 Å². The summed E-state index contributed by atoms with van der Waals surface area (Å²) in [4.78, 5) is 17.6. The van der Waals surface area contributed by atoms with E-state index in [9.17, 15) is 16.8 Å². The lowest BCUT2D eigenvalue weighted by Crippen LogP contribution is -2.15. The predicted molar refractivity (Wildman–Crippen MR) is 295 cm³/mol. The highest BCUT2D eigenvalue weighted by Gasteiger charge is 2.25. The highest BCUT2D eigenvalue weighted by atomic mass is 127. The Kier molecular flexibility index (Phi) is 16.1. The normalized spacial score (nSPS) is 12.7. The number of aryl methyl sites for hydroxylation is 2. The van der Waals surface area contributed by atoms with Gasteiger partial charge < -0.3 is 0 Å². The van der Waals surface area contributed by atoms with Crippen molar-refractivity contribution in [3.63, 3.8) is 0 Å². The average Bonchev–Trinajstić information content (AvgIpc) is 4.03. The van der Waals surface area contributed by atoms with Gasteiger partial charge in [-0.1, -0.05) is 53.6 Å². The van der Waals surface area contributed by atoms with Crippen molar-refractivity contribution in [2.75, 3.05) is 0 Å². The number of halogens is 7. The van der Waals surface area contributed by atoms with E-state index >= 15 is 0 Å². The lowest BCUT2D eigenvalue weighted by atomic mass is 10.2. The Bertz CT molecular complexity index is 3380. The lowest BCUT2D eigenvalue weighted by molar-refractivity contribution is 0.586. The number of aromatic nitrogens is 6. The van der Waals surface area contributed by atoms with Crippen LogP contribution >= 0.6 is 131 Å². The molecule has 0 saturated carbocycles. The molecule has 2 aliphatic rings. The van der Waals surface area contributed by atoms with Crippen molar-refractivity contribution in [3.05, 3.63) is 180 Å². The van der Waals surface area contributed by atoms with Crippen LogP contribution in [0.5, 0.6) is 0 Å². The molecule has 0 bridgehead atoms. The highest BCUT2D eigenvalue weighted by Crippen LogP contribution is 2.34. The van der Waals surface area contributed by atoms with Crippen molar-refractivity contribution >= 4 is 183 Å². The van der Waals surface area contributed by atoms with Crippen LogP contribution in [0.25, 0.3) is 31.7 Å². The molecule has 10 rings (SSSR count). The average molecular weight is 1490 g/mol. The van der Waals surface area contributed by atoms with Crippen LogP contribution in [0, 0.1) is 27.9 Å². The van der Waals surface area contributed by atoms with Crippen molar-refractivity contribution in [1.82, 2.24) is 27.9 Å². The second-order valence-electron chi connectivity index (χ2n) is 14.3. The van der Waals surface area contributed by atoms with Gasteiger partial charge in [0.25, 0.3) is 20.0 Å². The van der Waals surface area contributed by atoms with Crippen LogP contribution in [0.1, 0.15) is 39.3 Å². The number of pyridine rings is 4. The first kappa shape index (κ1) is 49.5. The minimum Gasteiger partial charge on any atom is -0.259 e. The zero-order valence-electron chi connectivity index (χ0n) is 33.7. The van der Waals surface area contributed by atoms with Gasteiger partial charge in [-0.3, -0.25) is 9.97 Å². The molecule has 328 valence electrons. The third-order valence-corrected chi connectivity index (χ3v) is 18.2. The topological polar surface area (TPSA) is 130 Å². The van der Waals surface area contributed by atoms with Crippen molar-refractivity contribution < 1.29 is 16.8 Å². The quantitative estimate of drug-likeness (QED) is 0.159. The molecule has 2 aliphatic carbocycles. The lowest BCUT2D eigenvalue weighted by Gasteiger charge is -2.09. The van der Waals surface area contributed by atoms with Gasteiger partial charge in [-0.2, -0.15) is 0 Å². The number of nitrogens with zero attached hydrogens (tertiary/aromatic N) is 6. The van der Waals surface area contributed by atoms with Gasteiger partial charge in [-0.05, 0) is 206 Å². The van der Waals surface area contributed by atoms with Crippen LogP contribution in [0.2, 0.25) is 0 Å². The first-order valence-electron chi connectivity index (χ1n) is 18.9. The van der Waals surface area contributed by atoms with Gasteiger partial charge in [0.15, 0.2) is 11.3 Å². The number of benzene rings is 2. The van der Waals surface area contributed by atoms with E-state index in [2.05, 4.69) is 182 Å². The Morgan fingerprint density at radius 2 is 1.11 bits per heavy atom. The van der Waals surface area contributed by atoms with E-state index in [0.29, 0.717) is 17.0 Å². The zero-order valence-corrected chi connectivity index (χ0v) is 48.2. The Hall–Kier alpha value is -2.39. The third kappa shape index (κ3) is 11.0. The van der Waals surface area contributed by atoms with Gasteiger partial charge in [-0.25, -0.2) is 34.7 Å². The molecule has 6 aromatic heterocycles. The standard InChI is InChI=1S/C15H12BrIN2O2S.C14H10BrIN2O2S.C8H5BrIN.C8H6BrN/c1-9-3-5-12(6-4-9)22(20,21)19-10(2)14(17)13-7-11(16)8-18-15(13)19;1-9-2-4-11(5-3-9)21(19,20)18-8-13(16)12-6-10(15)7-17-14(12)18;9-5-3-6-7(10)1-2-8(6)11-4-5;9-7-4-6-2-1-3-8(6)10-5-7/h3-8H,1-2H3;2-8H,1H3;1,3-4H,2H2;1-2,4-5H,3H2. The van der Waals surface area contributed by atoms with Crippen molar-refractivity contribution in [2.24, 2.45) is 0 Å². The fourth-order valence-electron chi connectivity index (χ4n) is 6.56. The maximum Gasteiger partial charge on any atom is 0.269 e. The summed E-state index contributed by atoms with van der Waals surface area (Å²) < 4.78 is 60.8. The van der Waals surface area contributed by atoms with Crippen LogP contribution in [0.3, 0.4) is 0 Å². The second-order valence-corrected chi connectivity index (χ2v) is 25.0. The summed E-state index contributed by atoms with van der Waals surface area (Å²) >= 11 is 20.1. The molecular formula is C45H33Br4I3N6O4S2. The maximum atomic E-state index is 13.0. The van der Waals surface area contributed by atoms with E-state index in [1.54, 1.807) is 74.0 Å². The van der Waals surface area contributed by atoms with Gasteiger partial charge >= 0.3 is 0 Å². The molecule has 0 unspecified atom stereocenters. The van der Waals surface area contributed by atoms with Crippen LogP contribution in [0.15, 0.2) is 144 Å². The van der Waals surface area contributed by atoms with Gasteiger partial charge in [0.05, 0.1) is 21.2 Å². The Morgan fingerprint density at radius 1 is 0.594 bits per heavy atom. The van der Waals surface area contributed by atoms with E-state index < -0.39 is 20.0 Å². The number of hydrogen-bond acceptors (Lipinski definition) is 8. The molecule has 8 aromatic rings. The molecule has 0 amide bonds. The maximum absolute atomic E-state index is 13.0. The number of fused-ring (bicyclic) bond motifs is 4. The zero-order chi connectivity index (χ0) is 46.1. The fraction of sp³-hybridized carbons (Fsp3) is 0.111. The molecule has 64 heavy (non-hydrogen) atoms. The Labute approximate surface area is 445 Å². The van der Waals surface area contributed by atoms with E-state index in [0.717, 1.165) is 59.8 Å². The summed E-state index contributed by atoms with van der Waals surface area (Å²) in [7, 11) is -7.31. The third-order valence-electron chi connectivity index (χ3n) is 9.80. The molecule has 6 heterocycles. The van der Waals surface area contributed by atoms with E-state index in [1.165, 1.54) is 34.0 Å². The molecule has 10 nitrogen and oxygen atoms in total. The van der Waals surface area contributed by atoms with Crippen LogP contribution < -0.4 is 0 Å². The molecule has 0 saturated heterocycles. The van der Waals surface area contributed by atoms with Gasteiger partial charge in [0.1, 0.15) is 0 Å². The molecule has 2 aromatic carbocycles. The van der Waals surface area contributed by atoms with Gasteiger partial charge in [0.2, 0.25) is 0 Å². The second kappa shape index (κ2) is 20.9. The molecular weight excluding hydrogens is 1450 g/mol. The van der Waals surface area contributed by atoms with Crippen LogP contribution in [-0.2, 0) is 32.9 Å². The summed E-state index contributed by atoms with van der Waals surface area (Å²) in [6, 6.07) is 21.6. The number of hydrogen-bond donors (Lipinski definition) is 0. The first-order valence-corrected chi connectivity index (χ1v) is 28.2. The summed E-state index contributed by atoms with van der Waals surface area (Å²) in [5.74, 6) is 0. The molecule has 0 fully saturated rings. The van der Waals surface area contributed by atoms with E-state index in [1.807, 2.05) is 38.4 Å². The smallest absolute Gasteiger partial charge is 0.259 e. The minimum absolute atomic E-state index is 0.256. The summed E-state index contributed by atoms with van der Waals surface area (Å²) in [6.45, 7) is 5.64. The van der Waals surface area contributed by atoms with E-state index in [-0.39, 0.29) is 9.79 Å². The number of rotatable bonds is 4. The number of allylic oxidation sites excluding steroid dienone is 2. The summed E-state index contributed by atoms with van der Waals surface area (Å²) in [5, 5.41) is 1.63. The van der Waals surface area contributed by atoms with Crippen LogP contribution in [0.4, 0.5) is 0 Å². The molecule has 19 heteroatoms. The Balaban J connectivity index is 0.000000134. The Morgan fingerprint density at radius 3 is 1.73 bits per heavy atom. The monoisotopic (exact) mass is 1480 g/mol. The molecule has 0 atom stereocenters. The van der Waals surface area contributed by atoms with E-state index in [4.69, 9.17) is 0 Å². The minimum atomic E-state index is -3.67. The largest absolute Gasteiger partial charge is 0.269 e. The first-order chi connectivity index (χ1) is 30.3. The molecule has 0 N–H and O–H groups in total. The van der Waals surface area contributed by atoms with Crippen LogP contribution in [-0.4, -0.2) is 44.7 Å². The van der Waals surface area contributed by atoms with Gasteiger partial charge in [-0.15, -0.1) is 0 Å². The van der Waals surface area contributed by atoms with Gasteiger partial charge in [0, 0.05) is 94.5 Å². The fourth-order valence-corrected chi connectivity index (χ4v) is 13.1. The molecule has 0 radical (unpaired) electrons. The van der Waals surface area contributed by atoms with Crippen molar-refractivity contribution in [1.29, 1.82) is 0 Å².